The molecule has 2 N–H and O–H groups in total. The fourth-order valence-electron chi connectivity index (χ4n) is 2.59. The summed E-state index contributed by atoms with van der Waals surface area (Å²) in [6, 6.07) is 7.86. The van der Waals surface area contributed by atoms with Gasteiger partial charge in [0.1, 0.15) is 5.75 Å². The van der Waals surface area contributed by atoms with E-state index in [4.69, 9.17) is 4.74 Å². The average molecular weight is 310 g/mol. The molecule has 0 amide bonds. The van der Waals surface area contributed by atoms with Crippen LogP contribution in [-0.4, -0.2) is 16.8 Å². The van der Waals surface area contributed by atoms with Crippen molar-refractivity contribution in [2.45, 2.75) is 18.5 Å². The number of hydrogen-bond acceptors (Lipinski definition) is 3. The molecule has 6 heteroatoms. The summed E-state index contributed by atoms with van der Waals surface area (Å²) in [5.41, 5.74) is 0.501. The van der Waals surface area contributed by atoms with Crippen molar-refractivity contribution in [2.75, 3.05) is 6.61 Å². The standard InChI is InChI=1S/C16H13F3O3/c17-16(18,19)12-3-1-2-9(5-12)11-4-10-6-13(20)14(21)7-15(10)22-8-11/h1-3,5-7,11,20-21H,4,8H2. The molecule has 0 saturated heterocycles. The summed E-state index contributed by atoms with van der Waals surface area (Å²) in [7, 11) is 0. The van der Waals surface area contributed by atoms with E-state index in [0.717, 1.165) is 12.1 Å². The van der Waals surface area contributed by atoms with Gasteiger partial charge in [-0.3, -0.25) is 0 Å². The minimum atomic E-state index is -4.38. The van der Waals surface area contributed by atoms with Gasteiger partial charge in [-0.25, -0.2) is 0 Å². The van der Waals surface area contributed by atoms with Crippen LogP contribution >= 0.6 is 0 Å². The van der Waals surface area contributed by atoms with Crippen molar-refractivity contribution in [3.8, 4) is 17.2 Å². The Bertz CT molecular complexity index is 710. The monoisotopic (exact) mass is 310 g/mol. The van der Waals surface area contributed by atoms with Gasteiger partial charge in [0.15, 0.2) is 11.5 Å². The normalized spacial score (nSPS) is 17.7. The van der Waals surface area contributed by atoms with Gasteiger partial charge in [-0.15, -0.1) is 0 Å². The molecule has 1 heterocycles. The van der Waals surface area contributed by atoms with Crippen LogP contribution in [0.1, 0.15) is 22.6 Å². The van der Waals surface area contributed by atoms with Gasteiger partial charge in [-0.2, -0.15) is 13.2 Å². The van der Waals surface area contributed by atoms with Gasteiger partial charge < -0.3 is 14.9 Å². The third kappa shape index (κ3) is 2.68. The van der Waals surface area contributed by atoms with E-state index in [0.29, 0.717) is 23.3 Å². The second-order valence-corrected chi connectivity index (χ2v) is 5.28. The summed E-state index contributed by atoms with van der Waals surface area (Å²) in [6.07, 6.45) is -3.95. The second-order valence-electron chi connectivity index (χ2n) is 5.28. The minimum Gasteiger partial charge on any atom is -0.504 e. The zero-order chi connectivity index (χ0) is 15.9. The summed E-state index contributed by atoms with van der Waals surface area (Å²) in [6.45, 7) is 0.221. The lowest BCUT2D eigenvalue weighted by Gasteiger charge is -2.26. The minimum absolute atomic E-state index is 0.221. The van der Waals surface area contributed by atoms with Crippen LogP contribution in [0.2, 0.25) is 0 Å². The van der Waals surface area contributed by atoms with E-state index in [-0.39, 0.29) is 24.0 Å². The molecule has 0 spiro atoms. The number of ether oxygens (including phenoxy) is 1. The fraction of sp³-hybridized carbons (Fsp3) is 0.250. The van der Waals surface area contributed by atoms with Crippen LogP contribution in [0.15, 0.2) is 36.4 Å². The molecule has 3 rings (SSSR count). The molecule has 3 nitrogen and oxygen atoms in total. The maximum atomic E-state index is 12.8. The highest BCUT2D eigenvalue weighted by atomic mass is 19.4. The van der Waals surface area contributed by atoms with Gasteiger partial charge in [0, 0.05) is 12.0 Å². The van der Waals surface area contributed by atoms with E-state index in [2.05, 4.69) is 0 Å². The number of rotatable bonds is 1. The molecule has 2 aromatic rings. The van der Waals surface area contributed by atoms with Crippen molar-refractivity contribution in [2.24, 2.45) is 0 Å². The smallest absolute Gasteiger partial charge is 0.416 e. The first-order chi connectivity index (χ1) is 10.3. The zero-order valence-corrected chi connectivity index (χ0v) is 11.4. The molecular formula is C16H13F3O3. The average Bonchev–Trinajstić information content (AvgIpc) is 2.47. The molecule has 0 saturated carbocycles. The lowest BCUT2D eigenvalue weighted by atomic mass is 9.89. The first kappa shape index (κ1) is 14.6. The van der Waals surface area contributed by atoms with E-state index in [1.165, 1.54) is 18.2 Å². The summed E-state index contributed by atoms with van der Waals surface area (Å²) < 4.78 is 43.8. The van der Waals surface area contributed by atoms with Crippen molar-refractivity contribution < 1.29 is 28.1 Å². The predicted molar refractivity (Wildman–Crippen MR) is 73.2 cm³/mol. The third-order valence-electron chi connectivity index (χ3n) is 3.75. The largest absolute Gasteiger partial charge is 0.504 e. The van der Waals surface area contributed by atoms with Crippen molar-refractivity contribution in [3.05, 3.63) is 53.1 Å². The second kappa shape index (κ2) is 5.12. The van der Waals surface area contributed by atoms with E-state index >= 15 is 0 Å². The summed E-state index contributed by atoms with van der Waals surface area (Å²) in [4.78, 5) is 0. The number of benzene rings is 2. The molecule has 0 aromatic heterocycles. The Morgan fingerprint density at radius 2 is 1.77 bits per heavy atom. The Hall–Kier alpha value is -2.37. The molecule has 1 aliphatic rings. The van der Waals surface area contributed by atoms with Gasteiger partial charge in [0.25, 0.3) is 0 Å². The first-order valence-corrected chi connectivity index (χ1v) is 6.69. The molecule has 0 fully saturated rings. The molecule has 1 unspecified atom stereocenters. The summed E-state index contributed by atoms with van der Waals surface area (Å²) >= 11 is 0. The van der Waals surface area contributed by atoms with Gasteiger partial charge in [0.05, 0.1) is 12.2 Å². The van der Waals surface area contributed by atoms with Crippen LogP contribution in [-0.2, 0) is 12.6 Å². The predicted octanol–water partition coefficient (Wildman–Crippen LogP) is 3.84. The molecule has 0 radical (unpaired) electrons. The molecule has 0 bridgehead atoms. The van der Waals surface area contributed by atoms with E-state index in [1.54, 1.807) is 6.07 Å². The first-order valence-electron chi connectivity index (χ1n) is 6.69. The maximum absolute atomic E-state index is 12.8. The Morgan fingerprint density at radius 3 is 2.50 bits per heavy atom. The van der Waals surface area contributed by atoms with Crippen LogP contribution in [0.3, 0.4) is 0 Å². The molecule has 0 aliphatic carbocycles. The quantitative estimate of drug-likeness (QED) is 0.787. The van der Waals surface area contributed by atoms with Crippen molar-refractivity contribution in [3.63, 3.8) is 0 Å². The number of phenolic OH excluding ortho intramolecular Hbond substituents is 2. The number of hydrogen-bond donors (Lipinski definition) is 2. The van der Waals surface area contributed by atoms with Crippen LogP contribution in [0, 0.1) is 0 Å². The molecule has 2 aromatic carbocycles. The Balaban J connectivity index is 1.90. The van der Waals surface area contributed by atoms with Gasteiger partial charge in [0.2, 0.25) is 0 Å². The van der Waals surface area contributed by atoms with Gasteiger partial charge >= 0.3 is 6.18 Å². The summed E-state index contributed by atoms with van der Waals surface area (Å²) in [5, 5.41) is 19.0. The molecule has 22 heavy (non-hydrogen) atoms. The molecule has 1 atom stereocenters. The van der Waals surface area contributed by atoms with Gasteiger partial charge in [-0.05, 0) is 29.7 Å². The van der Waals surface area contributed by atoms with E-state index in [1.807, 2.05) is 0 Å². The zero-order valence-electron chi connectivity index (χ0n) is 11.4. The Morgan fingerprint density at radius 1 is 1.05 bits per heavy atom. The number of aromatic hydroxyl groups is 2. The van der Waals surface area contributed by atoms with Crippen LogP contribution in [0.25, 0.3) is 0 Å². The maximum Gasteiger partial charge on any atom is 0.416 e. The summed E-state index contributed by atoms with van der Waals surface area (Å²) in [5.74, 6) is -0.347. The lowest BCUT2D eigenvalue weighted by molar-refractivity contribution is -0.137. The highest BCUT2D eigenvalue weighted by Crippen LogP contribution is 2.40. The Kier molecular flexibility index (Phi) is 3.39. The fourth-order valence-corrected chi connectivity index (χ4v) is 2.59. The number of halogens is 3. The van der Waals surface area contributed by atoms with Crippen LogP contribution in [0.4, 0.5) is 13.2 Å². The third-order valence-corrected chi connectivity index (χ3v) is 3.75. The van der Waals surface area contributed by atoms with E-state index in [9.17, 15) is 23.4 Å². The lowest BCUT2D eigenvalue weighted by Crippen LogP contribution is -2.19. The van der Waals surface area contributed by atoms with Crippen LogP contribution < -0.4 is 4.74 Å². The number of phenols is 2. The Labute approximate surface area is 124 Å². The molecule has 1 aliphatic heterocycles. The van der Waals surface area contributed by atoms with Crippen molar-refractivity contribution in [1.29, 1.82) is 0 Å². The molecular weight excluding hydrogens is 297 g/mol. The van der Waals surface area contributed by atoms with Crippen LogP contribution in [0.5, 0.6) is 17.2 Å². The number of fused-ring (bicyclic) bond motifs is 1. The van der Waals surface area contributed by atoms with Gasteiger partial charge in [-0.1, -0.05) is 18.2 Å². The highest BCUT2D eigenvalue weighted by Gasteiger charge is 2.31. The van der Waals surface area contributed by atoms with E-state index < -0.39 is 11.7 Å². The highest BCUT2D eigenvalue weighted by molar-refractivity contribution is 5.50. The SMILES string of the molecule is Oc1cc2c(cc1O)OCC(c1cccc(C(F)(F)F)c1)C2. The number of alkyl halides is 3. The molecule has 116 valence electrons. The van der Waals surface area contributed by atoms with Crippen molar-refractivity contribution in [1.82, 2.24) is 0 Å². The topological polar surface area (TPSA) is 49.7 Å². The van der Waals surface area contributed by atoms with Crippen molar-refractivity contribution >= 4 is 0 Å².